The highest BCUT2D eigenvalue weighted by atomic mass is 79.9. The molecule has 8 nitrogen and oxygen atoms in total. The molecule has 10 heteroatoms. The Hall–Kier alpha value is -10.5. The molecule has 0 saturated heterocycles. The molecule has 91 heavy (non-hydrogen) atoms. The summed E-state index contributed by atoms with van der Waals surface area (Å²) < 4.78 is 6.84. The van der Waals surface area contributed by atoms with Crippen molar-refractivity contribution in [1.82, 2.24) is 19.1 Å². The Kier molecular flexibility index (Phi) is 14.2. The highest BCUT2D eigenvalue weighted by Crippen LogP contribution is 2.52. The van der Waals surface area contributed by atoms with Gasteiger partial charge in [-0.1, -0.05) is 209 Å². The van der Waals surface area contributed by atoms with Crippen LogP contribution in [0, 0.1) is 0 Å². The molecule has 3 aliphatic rings. The van der Waals surface area contributed by atoms with Crippen LogP contribution in [0.1, 0.15) is 36.6 Å². The first kappa shape index (κ1) is 55.8. The fraction of sp³-hybridized carbons (Fsp3) is 0.0617. The maximum atomic E-state index is 6.23. The number of benzene rings is 13. The van der Waals surface area contributed by atoms with Crippen molar-refractivity contribution >= 4 is 132 Å². The minimum atomic E-state index is 0.854. The summed E-state index contributed by atoms with van der Waals surface area (Å²) in [6.45, 7) is 4.35. The van der Waals surface area contributed by atoms with E-state index in [1.165, 1.54) is 77.5 Å². The van der Waals surface area contributed by atoms with Crippen LogP contribution in [-0.2, 0) is 19.3 Å². The third kappa shape index (κ3) is 9.47. The SMILES string of the molecule is CCc1nc2cccc3c2n1-c1ccc(-c2c4ccccc4c(-c4ccccc4)c4ccccc24)cc1N3c1ccccc1.CCc1nc2cccc3c2n1-c1ccc(Br)cc1N3c1ccccc1.Nc1cccc2c1Cc1ccc(Br)cc1N2c1ccccc1. The molecule has 18 rings (SSSR count). The first-order valence-corrected chi connectivity index (χ1v) is 32.6. The van der Waals surface area contributed by atoms with E-state index in [9.17, 15) is 0 Å². The number of halogens is 2. The number of hydrogen-bond donors (Lipinski definition) is 1. The van der Waals surface area contributed by atoms with Crippen molar-refractivity contribution in [3.05, 3.63) is 311 Å². The van der Waals surface area contributed by atoms with Crippen LogP contribution in [0.4, 0.5) is 56.9 Å². The lowest BCUT2D eigenvalue weighted by Gasteiger charge is -2.34. The van der Waals surface area contributed by atoms with Crippen LogP contribution in [0.3, 0.4) is 0 Å². The van der Waals surface area contributed by atoms with Crippen molar-refractivity contribution < 1.29 is 0 Å². The molecule has 438 valence electrons. The Labute approximate surface area is 545 Å². The first-order chi connectivity index (χ1) is 44.8. The van der Waals surface area contributed by atoms with Crippen LogP contribution >= 0.6 is 31.9 Å². The Balaban J connectivity index is 0.000000119. The van der Waals surface area contributed by atoms with E-state index in [0.29, 0.717) is 0 Å². The minimum Gasteiger partial charge on any atom is -0.398 e. The van der Waals surface area contributed by atoms with Gasteiger partial charge in [0.2, 0.25) is 0 Å². The predicted octanol–water partition coefficient (Wildman–Crippen LogP) is 22.6. The van der Waals surface area contributed by atoms with Crippen LogP contribution in [0.15, 0.2) is 288 Å². The number of para-hydroxylation sites is 5. The Bertz CT molecular complexity index is 5240. The van der Waals surface area contributed by atoms with Gasteiger partial charge in [-0.25, -0.2) is 9.97 Å². The van der Waals surface area contributed by atoms with Gasteiger partial charge in [0.1, 0.15) is 11.6 Å². The normalized spacial score (nSPS) is 12.4. The molecule has 0 bridgehead atoms. The minimum absolute atomic E-state index is 0.854. The van der Waals surface area contributed by atoms with E-state index in [4.69, 9.17) is 15.7 Å². The lowest BCUT2D eigenvalue weighted by molar-refractivity contribution is 0.900. The number of nitrogens with two attached hydrogens (primary N) is 1. The number of fused-ring (bicyclic) bond motifs is 8. The maximum Gasteiger partial charge on any atom is 0.114 e. The molecule has 2 N–H and O–H groups in total. The highest BCUT2D eigenvalue weighted by Gasteiger charge is 2.32. The second-order valence-corrected chi connectivity index (χ2v) is 24.9. The molecule has 0 spiro atoms. The smallest absolute Gasteiger partial charge is 0.114 e. The molecule has 0 atom stereocenters. The van der Waals surface area contributed by atoms with E-state index in [1.807, 2.05) is 18.2 Å². The zero-order chi connectivity index (χ0) is 61.3. The van der Waals surface area contributed by atoms with Gasteiger partial charge in [-0.15, -0.1) is 0 Å². The second kappa shape index (κ2) is 23.1. The molecule has 0 unspecified atom stereocenters. The van der Waals surface area contributed by atoms with Crippen molar-refractivity contribution in [3.8, 4) is 33.6 Å². The molecule has 0 fully saturated rings. The zero-order valence-electron chi connectivity index (χ0n) is 50.1. The van der Waals surface area contributed by atoms with Gasteiger partial charge in [0.15, 0.2) is 0 Å². The predicted molar refractivity (Wildman–Crippen MR) is 387 cm³/mol. The lowest BCUT2D eigenvalue weighted by Crippen LogP contribution is -2.19. The van der Waals surface area contributed by atoms with Gasteiger partial charge >= 0.3 is 0 Å². The number of imidazole rings is 2. The molecule has 13 aromatic carbocycles. The van der Waals surface area contributed by atoms with E-state index < -0.39 is 0 Å². The van der Waals surface area contributed by atoms with Crippen LogP contribution in [0.2, 0.25) is 0 Å². The summed E-state index contributed by atoms with van der Waals surface area (Å²) in [4.78, 5) is 17.0. The average Bonchev–Trinajstić information content (AvgIpc) is 1.72. The Morgan fingerprint density at radius 2 is 0.758 bits per heavy atom. The Morgan fingerprint density at radius 3 is 1.26 bits per heavy atom. The van der Waals surface area contributed by atoms with Crippen LogP contribution in [-0.4, -0.2) is 19.1 Å². The zero-order valence-corrected chi connectivity index (χ0v) is 53.3. The van der Waals surface area contributed by atoms with Crippen LogP contribution in [0.5, 0.6) is 0 Å². The number of rotatable bonds is 7. The molecule has 0 amide bonds. The van der Waals surface area contributed by atoms with Crippen molar-refractivity contribution in [1.29, 1.82) is 0 Å². The van der Waals surface area contributed by atoms with Gasteiger partial charge in [-0.3, -0.25) is 9.13 Å². The molecule has 2 aromatic heterocycles. The van der Waals surface area contributed by atoms with Gasteiger partial charge in [0.25, 0.3) is 0 Å². The largest absolute Gasteiger partial charge is 0.398 e. The molecular formula is C81H60Br2N8. The van der Waals surface area contributed by atoms with Gasteiger partial charge in [0, 0.05) is 56.5 Å². The molecule has 5 heterocycles. The Morgan fingerprint density at radius 1 is 0.352 bits per heavy atom. The molecule has 0 saturated carbocycles. The summed E-state index contributed by atoms with van der Waals surface area (Å²) >= 11 is 7.24. The standard InChI is InChI=1S/C41H29N3.C21H16BrN3.C19H15BrN2/c1-2-38-42-34-22-13-23-36-41(34)44(38)35-25-24-28(26-37(35)43(36)29-16-7-4-8-17-29)40-32-20-11-9-18-30(32)39(27-14-5-3-6-15-27)31-19-10-12-21-33(31)40;1-2-20-23-16-9-6-10-18-21(16)25(20)17-12-11-14(22)13-19(17)24(18)15-7-4-3-5-8-15;20-14-10-9-13-11-16-17(21)7-4-8-18(16)22(19(13)12-14)15-5-2-1-3-6-15/h3-26H,2H2,1H3;3-13H,2H2,1H3;1-10,12H,11,21H2. The summed E-state index contributed by atoms with van der Waals surface area (Å²) in [5, 5.41) is 5.04. The van der Waals surface area contributed by atoms with E-state index in [2.05, 4.69) is 330 Å². The second-order valence-electron chi connectivity index (χ2n) is 23.1. The van der Waals surface area contributed by atoms with Crippen LogP contribution in [0.25, 0.3) is 77.2 Å². The third-order valence-corrected chi connectivity index (χ3v) is 18.8. The summed E-state index contributed by atoms with van der Waals surface area (Å²) in [7, 11) is 0. The number of aryl methyl sites for hydroxylation is 2. The van der Waals surface area contributed by atoms with Crippen molar-refractivity contribution in [2.75, 3.05) is 20.4 Å². The maximum absolute atomic E-state index is 6.23. The number of aromatic nitrogens is 4. The topological polar surface area (TPSA) is 71.4 Å². The molecule has 3 aliphatic heterocycles. The van der Waals surface area contributed by atoms with E-state index in [-0.39, 0.29) is 0 Å². The molecule has 0 aliphatic carbocycles. The first-order valence-electron chi connectivity index (χ1n) is 31.0. The van der Waals surface area contributed by atoms with Gasteiger partial charge in [-0.2, -0.15) is 0 Å². The number of anilines is 10. The summed E-state index contributed by atoms with van der Waals surface area (Å²) in [5.74, 6) is 2.18. The number of nitrogen functional groups attached to an aromatic ring is 1. The quantitative estimate of drug-likeness (QED) is 0.127. The van der Waals surface area contributed by atoms with Crippen molar-refractivity contribution in [2.24, 2.45) is 0 Å². The molecular weight excluding hydrogens is 1240 g/mol. The average molecular weight is 1310 g/mol. The van der Waals surface area contributed by atoms with Crippen molar-refractivity contribution in [2.45, 2.75) is 33.1 Å². The van der Waals surface area contributed by atoms with E-state index in [0.717, 1.165) is 108 Å². The van der Waals surface area contributed by atoms with Crippen molar-refractivity contribution in [3.63, 3.8) is 0 Å². The van der Waals surface area contributed by atoms with Gasteiger partial charge < -0.3 is 20.4 Å². The van der Waals surface area contributed by atoms with E-state index >= 15 is 0 Å². The fourth-order valence-corrected chi connectivity index (χ4v) is 14.7. The van der Waals surface area contributed by atoms with Gasteiger partial charge in [-0.05, 0) is 165 Å². The molecule has 0 radical (unpaired) electrons. The lowest BCUT2D eigenvalue weighted by atomic mass is 9.85. The summed E-state index contributed by atoms with van der Waals surface area (Å²) in [6, 6.07) is 99.0. The number of nitrogens with zero attached hydrogens (tertiary/aromatic N) is 7. The summed E-state index contributed by atoms with van der Waals surface area (Å²) in [5.41, 5.74) is 31.7. The van der Waals surface area contributed by atoms with E-state index in [1.54, 1.807) is 0 Å². The molecule has 15 aromatic rings. The monoisotopic (exact) mass is 1300 g/mol. The highest BCUT2D eigenvalue weighted by molar-refractivity contribution is 9.10. The number of hydrogen-bond acceptors (Lipinski definition) is 6. The fourth-order valence-electron chi connectivity index (χ4n) is 14.0. The third-order valence-electron chi connectivity index (χ3n) is 17.8. The summed E-state index contributed by atoms with van der Waals surface area (Å²) in [6.07, 6.45) is 2.62. The van der Waals surface area contributed by atoms with Gasteiger partial charge in [0.05, 0.1) is 67.6 Å². The van der Waals surface area contributed by atoms with Crippen LogP contribution < -0.4 is 20.4 Å².